The summed E-state index contributed by atoms with van der Waals surface area (Å²) in [6.07, 6.45) is 5.54. The molecule has 0 spiro atoms. The highest BCUT2D eigenvalue weighted by molar-refractivity contribution is 5.56. The maximum absolute atomic E-state index is 10.9. The van der Waals surface area contributed by atoms with Crippen LogP contribution in [0.4, 0.5) is 11.4 Å². The summed E-state index contributed by atoms with van der Waals surface area (Å²) in [5.74, 6) is 0.507. The zero-order valence-corrected chi connectivity index (χ0v) is 12.5. The zero-order valence-electron chi connectivity index (χ0n) is 12.5. The molecule has 1 aromatic carbocycles. The van der Waals surface area contributed by atoms with Gasteiger partial charge in [-0.2, -0.15) is 0 Å². The second kappa shape index (κ2) is 8.40. The highest BCUT2D eigenvalue weighted by atomic mass is 16.6. The second-order valence-electron chi connectivity index (χ2n) is 4.95. The van der Waals surface area contributed by atoms with E-state index in [2.05, 4.69) is 19.2 Å². The molecule has 20 heavy (non-hydrogen) atoms. The first kappa shape index (κ1) is 16.3. The highest BCUT2D eigenvalue weighted by Crippen LogP contribution is 2.27. The lowest BCUT2D eigenvalue weighted by molar-refractivity contribution is -0.384. The summed E-state index contributed by atoms with van der Waals surface area (Å²) in [5, 5.41) is 14.3. The number of nitrogens with one attached hydrogen (secondary N) is 1. The molecule has 0 bridgehead atoms. The Morgan fingerprint density at radius 3 is 2.55 bits per heavy atom. The highest BCUT2D eigenvalue weighted by Gasteiger charge is 2.13. The molecule has 0 fully saturated rings. The predicted molar refractivity (Wildman–Crippen MR) is 81.5 cm³/mol. The standard InChI is InChI=1S/C15H24N2O3/c1-4-6-8-12(7-5-2)16-13-9-14(17(18)19)11-15(10-13)20-3/h9-12,16H,4-8H2,1-3H3. The van der Waals surface area contributed by atoms with Crippen molar-refractivity contribution in [1.82, 2.24) is 0 Å². The predicted octanol–water partition coefficient (Wildman–Crippen LogP) is 4.37. The van der Waals surface area contributed by atoms with Gasteiger partial charge in [-0.25, -0.2) is 0 Å². The molecule has 1 aromatic rings. The number of hydrogen-bond donors (Lipinski definition) is 1. The summed E-state index contributed by atoms with van der Waals surface area (Å²) in [6.45, 7) is 4.31. The van der Waals surface area contributed by atoms with Gasteiger partial charge in [-0.05, 0) is 12.8 Å². The first-order chi connectivity index (χ1) is 9.60. The quantitative estimate of drug-likeness (QED) is 0.538. The number of rotatable bonds is 9. The fourth-order valence-corrected chi connectivity index (χ4v) is 2.21. The molecule has 0 heterocycles. The molecule has 112 valence electrons. The maximum atomic E-state index is 10.9. The second-order valence-corrected chi connectivity index (χ2v) is 4.95. The maximum Gasteiger partial charge on any atom is 0.275 e. The van der Waals surface area contributed by atoms with Crippen molar-refractivity contribution in [2.24, 2.45) is 0 Å². The van der Waals surface area contributed by atoms with Crippen molar-refractivity contribution in [2.75, 3.05) is 12.4 Å². The third-order valence-electron chi connectivity index (χ3n) is 3.25. The summed E-state index contributed by atoms with van der Waals surface area (Å²) in [6, 6.07) is 5.16. The normalized spacial score (nSPS) is 11.9. The van der Waals surface area contributed by atoms with Crippen LogP contribution in [-0.4, -0.2) is 18.1 Å². The van der Waals surface area contributed by atoms with Crippen molar-refractivity contribution in [3.8, 4) is 5.75 Å². The van der Waals surface area contributed by atoms with Crippen molar-refractivity contribution in [3.05, 3.63) is 28.3 Å². The van der Waals surface area contributed by atoms with E-state index in [1.165, 1.54) is 13.2 Å². The van der Waals surface area contributed by atoms with E-state index in [-0.39, 0.29) is 5.69 Å². The van der Waals surface area contributed by atoms with Gasteiger partial charge >= 0.3 is 0 Å². The average molecular weight is 280 g/mol. The minimum Gasteiger partial charge on any atom is -0.496 e. The van der Waals surface area contributed by atoms with Crippen LogP contribution in [0, 0.1) is 10.1 Å². The molecule has 0 aliphatic carbocycles. The Kier molecular flexibility index (Phi) is 6.84. The first-order valence-electron chi connectivity index (χ1n) is 7.20. The number of nitrogens with zero attached hydrogens (tertiary/aromatic N) is 1. The first-order valence-corrected chi connectivity index (χ1v) is 7.20. The Balaban J connectivity index is 2.87. The third kappa shape index (κ3) is 5.07. The van der Waals surface area contributed by atoms with Crippen LogP contribution in [0.2, 0.25) is 0 Å². The number of ether oxygens (including phenoxy) is 1. The molecule has 1 atom stereocenters. The van der Waals surface area contributed by atoms with Gasteiger partial charge in [0.1, 0.15) is 5.75 Å². The van der Waals surface area contributed by atoms with Crippen molar-refractivity contribution in [1.29, 1.82) is 0 Å². The van der Waals surface area contributed by atoms with Gasteiger partial charge in [0.05, 0.1) is 18.1 Å². The van der Waals surface area contributed by atoms with Gasteiger partial charge < -0.3 is 10.1 Å². The van der Waals surface area contributed by atoms with Crippen LogP contribution in [0.5, 0.6) is 5.75 Å². The van der Waals surface area contributed by atoms with Gasteiger partial charge in [-0.1, -0.05) is 33.1 Å². The smallest absolute Gasteiger partial charge is 0.275 e. The van der Waals surface area contributed by atoms with Crippen LogP contribution < -0.4 is 10.1 Å². The van der Waals surface area contributed by atoms with Crippen LogP contribution in [0.3, 0.4) is 0 Å². The van der Waals surface area contributed by atoms with Crippen LogP contribution >= 0.6 is 0 Å². The Morgan fingerprint density at radius 1 is 1.25 bits per heavy atom. The molecular weight excluding hydrogens is 256 g/mol. The Hall–Kier alpha value is -1.78. The van der Waals surface area contributed by atoms with Crippen molar-refractivity contribution >= 4 is 11.4 Å². The topological polar surface area (TPSA) is 64.4 Å². The van der Waals surface area contributed by atoms with E-state index in [1.54, 1.807) is 6.07 Å². The SMILES string of the molecule is CCCCC(CCC)Nc1cc(OC)cc([N+](=O)[O-])c1. The fraction of sp³-hybridized carbons (Fsp3) is 0.600. The van der Waals surface area contributed by atoms with E-state index >= 15 is 0 Å². The van der Waals surface area contributed by atoms with Gasteiger partial charge in [-0.3, -0.25) is 10.1 Å². The van der Waals surface area contributed by atoms with Crippen LogP contribution in [0.15, 0.2) is 18.2 Å². The van der Waals surface area contributed by atoms with E-state index in [0.29, 0.717) is 11.8 Å². The van der Waals surface area contributed by atoms with Crippen LogP contribution in [-0.2, 0) is 0 Å². The molecule has 5 heteroatoms. The number of nitro benzene ring substituents is 1. The minimum absolute atomic E-state index is 0.0533. The third-order valence-corrected chi connectivity index (χ3v) is 3.25. The van der Waals surface area contributed by atoms with Gasteiger partial charge in [0.25, 0.3) is 5.69 Å². The van der Waals surface area contributed by atoms with E-state index in [0.717, 1.165) is 37.8 Å². The van der Waals surface area contributed by atoms with E-state index in [9.17, 15) is 10.1 Å². The summed E-state index contributed by atoms with van der Waals surface area (Å²) >= 11 is 0. The summed E-state index contributed by atoms with van der Waals surface area (Å²) in [5.41, 5.74) is 0.809. The number of unbranched alkanes of at least 4 members (excludes halogenated alkanes) is 1. The van der Waals surface area contributed by atoms with E-state index in [1.807, 2.05) is 6.07 Å². The number of anilines is 1. The Labute approximate surface area is 120 Å². The molecule has 0 radical (unpaired) electrons. The summed E-state index contributed by atoms with van der Waals surface area (Å²) < 4.78 is 5.12. The lowest BCUT2D eigenvalue weighted by atomic mass is 10.0. The molecular formula is C15H24N2O3. The van der Waals surface area contributed by atoms with Gasteiger partial charge in [0.2, 0.25) is 0 Å². The Morgan fingerprint density at radius 2 is 2.00 bits per heavy atom. The molecule has 1 unspecified atom stereocenters. The largest absolute Gasteiger partial charge is 0.496 e. The van der Waals surface area contributed by atoms with E-state index in [4.69, 9.17) is 4.74 Å². The molecule has 1 rings (SSSR count). The molecule has 0 aliphatic rings. The monoisotopic (exact) mass is 280 g/mol. The van der Waals surface area contributed by atoms with Gasteiger partial charge in [-0.15, -0.1) is 0 Å². The van der Waals surface area contributed by atoms with Crippen molar-refractivity contribution < 1.29 is 9.66 Å². The van der Waals surface area contributed by atoms with Crippen molar-refractivity contribution in [3.63, 3.8) is 0 Å². The number of hydrogen-bond acceptors (Lipinski definition) is 4. The van der Waals surface area contributed by atoms with E-state index < -0.39 is 4.92 Å². The number of benzene rings is 1. The van der Waals surface area contributed by atoms with Gasteiger partial charge in [0.15, 0.2) is 0 Å². The fourth-order valence-electron chi connectivity index (χ4n) is 2.21. The molecule has 5 nitrogen and oxygen atoms in total. The number of methoxy groups -OCH3 is 1. The molecule has 0 saturated heterocycles. The number of nitro groups is 1. The average Bonchev–Trinajstić information content (AvgIpc) is 2.44. The molecule has 0 aromatic heterocycles. The summed E-state index contributed by atoms with van der Waals surface area (Å²) in [4.78, 5) is 10.5. The minimum atomic E-state index is -0.394. The molecule has 0 saturated carbocycles. The van der Waals surface area contributed by atoms with Gasteiger partial charge in [0, 0.05) is 23.9 Å². The lowest BCUT2D eigenvalue weighted by Crippen LogP contribution is -2.19. The molecule has 0 amide bonds. The summed E-state index contributed by atoms with van der Waals surface area (Å²) in [7, 11) is 1.52. The zero-order chi connectivity index (χ0) is 15.0. The van der Waals surface area contributed by atoms with Crippen LogP contribution in [0.25, 0.3) is 0 Å². The Bertz CT molecular complexity index is 435. The lowest BCUT2D eigenvalue weighted by Gasteiger charge is -2.19. The van der Waals surface area contributed by atoms with Crippen molar-refractivity contribution in [2.45, 2.75) is 52.0 Å². The van der Waals surface area contributed by atoms with Crippen LogP contribution in [0.1, 0.15) is 46.0 Å². The molecule has 1 N–H and O–H groups in total. The molecule has 0 aliphatic heterocycles. The number of non-ortho nitro benzene ring substituents is 1.